The highest BCUT2D eigenvalue weighted by molar-refractivity contribution is 8.01. The lowest BCUT2D eigenvalue weighted by atomic mass is 10.1. The van der Waals surface area contributed by atoms with Crippen molar-refractivity contribution in [1.29, 1.82) is 0 Å². The molecule has 3 rings (SSSR count). The molecule has 7 heteroatoms. The number of anilines is 1. The Balaban J connectivity index is 1.85. The van der Waals surface area contributed by atoms with Crippen LogP contribution in [0.3, 0.4) is 0 Å². The Morgan fingerprint density at radius 2 is 1.95 bits per heavy atom. The normalized spacial score (nSPS) is 16.1. The maximum absolute atomic E-state index is 12.8. The van der Waals surface area contributed by atoms with Gasteiger partial charge in [-0.1, -0.05) is 53.4 Å². The van der Waals surface area contributed by atoms with Crippen molar-refractivity contribution in [2.24, 2.45) is 0 Å². The summed E-state index contributed by atoms with van der Waals surface area (Å²) in [5.41, 5.74) is 6.62. The highest BCUT2D eigenvalue weighted by Gasteiger charge is 2.29. The lowest BCUT2D eigenvalue weighted by Crippen LogP contribution is -2.31. The number of hydrogen-bond donors (Lipinski definition) is 1. The number of aromatic nitrogens is 2. The van der Waals surface area contributed by atoms with Crippen LogP contribution in [0.2, 0.25) is 0 Å². The van der Waals surface area contributed by atoms with E-state index in [4.69, 9.17) is 5.73 Å². The first-order chi connectivity index (χ1) is 10.2. The number of carbonyl (C=O) groups excluding carboxylic acids is 1. The predicted octanol–water partition coefficient (Wildman–Crippen LogP) is 2.58. The number of carbonyl (C=O) groups is 1. The molecule has 0 aliphatic carbocycles. The molecule has 5 nitrogen and oxygen atoms in total. The zero-order valence-electron chi connectivity index (χ0n) is 11.4. The molecule has 1 saturated heterocycles. The van der Waals surface area contributed by atoms with E-state index in [9.17, 15) is 4.79 Å². The number of benzene rings is 1. The summed E-state index contributed by atoms with van der Waals surface area (Å²) < 4.78 is 0.730. The quantitative estimate of drug-likeness (QED) is 0.877. The lowest BCUT2D eigenvalue weighted by molar-refractivity contribution is -0.129. The topological polar surface area (TPSA) is 72.1 Å². The van der Waals surface area contributed by atoms with E-state index in [0.29, 0.717) is 5.13 Å². The van der Waals surface area contributed by atoms with Crippen LogP contribution >= 0.6 is 23.1 Å². The van der Waals surface area contributed by atoms with Gasteiger partial charge in [0.05, 0.1) is 0 Å². The zero-order chi connectivity index (χ0) is 14.7. The van der Waals surface area contributed by atoms with E-state index in [1.54, 1.807) is 0 Å². The Morgan fingerprint density at radius 1 is 1.24 bits per heavy atom. The molecule has 2 heterocycles. The third-order valence-corrected chi connectivity index (χ3v) is 5.46. The average Bonchev–Trinajstić information content (AvgIpc) is 3.16. The van der Waals surface area contributed by atoms with Crippen molar-refractivity contribution in [3.8, 4) is 0 Å². The van der Waals surface area contributed by atoms with Gasteiger partial charge in [-0.3, -0.25) is 4.79 Å². The summed E-state index contributed by atoms with van der Waals surface area (Å²) in [7, 11) is 0. The summed E-state index contributed by atoms with van der Waals surface area (Å²) in [6.07, 6.45) is 2.17. The van der Waals surface area contributed by atoms with Gasteiger partial charge < -0.3 is 10.6 Å². The maximum atomic E-state index is 12.8. The SMILES string of the molecule is Nc1nnc(SC(C(=O)N2CCCC2)c2ccccc2)s1. The van der Waals surface area contributed by atoms with Crippen molar-refractivity contribution in [3.05, 3.63) is 35.9 Å². The van der Waals surface area contributed by atoms with E-state index in [-0.39, 0.29) is 11.2 Å². The third kappa shape index (κ3) is 3.36. The summed E-state index contributed by atoms with van der Waals surface area (Å²) in [4.78, 5) is 14.7. The third-order valence-electron chi connectivity index (χ3n) is 3.39. The molecule has 110 valence electrons. The molecule has 1 aliphatic rings. The molecule has 2 aromatic rings. The molecule has 1 amide bonds. The van der Waals surface area contributed by atoms with Gasteiger partial charge in [-0.25, -0.2) is 0 Å². The number of likely N-dealkylation sites (tertiary alicyclic amines) is 1. The van der Waals surface area contributed by atoms with Crippen LogP contribution in [0.25, 0.3) is 0 Å². The molecular weight excluding hydrogens is 304 g/mol. The van der Waals surface area contributed by atoms with E-state index in [1.165, 1.54) is 23.1 Å². The molecule has 1 aromatic heterocycles. The fourth-order valence-corrected chi connectivity index (χ4v) is 4.27. The van der Waals surface area contributed by atoms with Crippen LogP contribution in [0.1, 0.15) is 23.7 Å². The molecule has 0 saturated carbocycles. The number of hydrogen-bond acceptors (Lipinski definition) is 6. The number of nitrogen functional groups attached to an aromatic ring is 1. The van der Waals surface area contributed by atoms with Gasteiger partial charge >= 0.3 is 0 Å². The van der Waals surface area contributed by atoms with Crippen LogP contribution < -0.4 is 5.73 Å². The maximum Gasteiger partial charge on any atom is 0.240 e. The van der Waals surface area contributed by atoms with Crippen LogP contribution in [-0.4, -0.2) is 34.1 Å². The first-order valence-electron chi connectivity index (χ1n) is 6.83. The van der Waals surface area contributed by atoms with Crippen molar-refractivity contribution in [1.82, 2.24) is 15.1 Å². The Bertz CT molecular complexity index is 610. The van der Waals surface area contributed by atoms with Gasteiger partial charge in [0.2, 0.25) is 11.0 Å². The summed E-state index contributed by atoms with van der Waals surface area (Å²) in [6.45, 7) is 1.70. The molecule has 0 spiro atoms. The van der Waals surface area contributed by atoms with Gasteiger partial charge in [0.25, 0.3) is 0 Å². The molecule has 1 aromatic carbocycles. The van der Waals surface area contributed by atoms with Crippen molar-refractivity contribution >= 4 is 34.1 Å². The van der Waals surface area contributed by atoms with Crippen molar-refractivity contribution in [3.63, 3.8) is 0 Å². The Morgan fingerprint density at radius 3 is 2.57 bits per heavy atom. The number of nitrogens with zero attached hydrogens (tertiary/aromatic N) is 3. The van der Waals surface area contributed by atoms with Gasteiger partial charge in [-0.05, 0) is 18.4 Å². The second-order valence-electron chi connectivity index (χ2n) is 4.85. The van der Waals surface area contributed by atoms with Gasteiger partial charge in [-0.2, -0.15) is 0 Å². The van der Waals surface area contributed by atoms with Crippen LogP contribution in [0.5, 0.6) is 0 Å². The number of amides is 1. The average molecular weight is 320 g/mol. The summed E-state index contributed by atoms with van der Waals surface area (Å²) >= 11 is 2.75. The van der Waals surface area contributed by atoms with Gasteiger partial charge in [-0.15, -0.1) is 10.2 Å². The minimum atomic E-state index is -0.281. The van der Waals surface area contributed by atoms with Crippen molar-refractivity contribution < 1.29 is 4.79 Å². The number of nitrogens with two attached hydrogens (primary N) is 1. The highest BCUT2D eigenvalue weighted by Crippen LogP contribution is 2.39. The fraction of sp³-hybridized carbons (Fsp3) is 0.357. The Labute approximate surface area is 131 Å². The van der Waals surface area contributed by atoms with Crippen LogP contribution in [0, 0.1) is 0 Å². The minimum Gasteiger partial charge on any atom is -0.374 e. The molecular formula is C14H16N4OS2. The second kappa shape index (κ2) is 6.44. The minimum absolute atomic E-state index is 0.150. The largest absolute Gasteiger partial charge is 0.374 e. The van der Waals surface area contributed by atoms with E-state index in [0.717, 1.165) is 35.8 Å². The molecule has 1 aliphatic heterocycles. The lowest BCUT2D eigenvalue weighted by Gasteiger charge is -2.22. The monoisotopic (exact) mass is 320 g/mol. The van der Waals surface area contributed by atoms with Crippen molar-refractivity contribution in [2.75, 3.05) is 18.8 Å². The second-order valence-corrected chi connectivity index (χ2v) is 7.21. The number of thioether (sulfide) groups is 1. The molecule has 0 radical (unpaired) electrons. The summed E-state index contributed by atoms with van der Waals surface area (Å²) in [5, 5.41) is 7.99. The first kappa shape index (κ1) is 14.3. The standard InChI is InChI=1S/C14H16N4OS2/c15-13-16-17-14(21-13)20-11(10-6-2-1-3-7-10)12(19)18-8-4-5-9-18/h1-3,6-7,11H,4-5,8-9H2,(H2,15,16). The first-order valence-corrected chi connectivity index (χ1v) is 8.53. The van der Waals surface area contributed by atoms with Gasteiger partial charge in [0.15, 0.2) is 4.34 Å². The van der Waals surface area contributed by atoms with E-state index in [1.807, 2.05) is 35.2 Å². The Kier molecular flexibility index (Phi) is 4.40. The van der Waals surface area contributed by atoms with Crippen LogP contribution in [-0.2, 0) is 4.79 Å². The highest BCUT2D eigenvalue weighted by atomic mass is 32.2. The van der Waals surface area contributed by atoms with E-state index in [2.05, 4.69) is 10.2 Å². The molecule has 1 unspecified atom stereocenters. The molecule has 2 N–H and O–H groups in total. The molecule has 21 heavy (non-hydrogen) atoms. The predicted molar refractivity (Wildman–Crippen MR) is 85.2 cm³/mol. The Hall–Kier alpha value is -1.60. The molecule has 0 bridgehead atoms. The van der Waals surface area contributed by atoms with Gasteiger partial charge in [0.1, 0.15) is 5.25 Å². The van der Waals surface area contributed by atoms with E-state index < -0.39 is 0 Å². The van der Waals surface area contributed by atoms with Crippen LogP contribution in [0.4, 0.5) is 5.13 Å². The van der Waals surface area contributed by atoms with Crippen molar-refractivity contribution in [2.45, 2.75) is 22.4 Å². The fourth-order valence-electron chi connectivity index (χ4n) is 2.36. The van der Waals surface area contributed by atoms with E-state index >= 15 is 0 Å². The summed E-state index contributed by atoms with van der Waals surface area (Å²) in [6, 6.07) is 9.82. The molecule has 1 fully saturated rings. The molecule has 1 atom stereocenters. The van der Waals surface area contributed by atoms with Gasteiger partial charge in [0, 0.05) is 13.1 Å². The zero-order valence-corrected chi connectivity index (χ0v) is 13.1. The smallest absolute Gasteiger partial charge is 0.240 e. The van der Waals surface area contributed by atoms with Crippen LogP contribution in [0.15, 0.2) is 34.7 Å². The number of rotatable bonds is 4. The summed E-state index contributed by atoms with van der Waals surface area (Å²) in [5.74, 6) is 0.150.